The maximum absolute atomic E-state index is 12.8. The fourth-order valence-electron chi connectivity index (χ4n) is 1.85. The molecule has 26 heavy (non-hydrogen) atoms. The molecule has 0 saturated carbocycles. The summed E-state index contributed by atoms with van der Waals surface area (Å²) in [5.74, 6) is -0.273. The van der Waals surface area contributed by atoms with Gasteiger partial charge in [0.15, 0.2) is 10.9 Å². The van der Waals surface area contributed by atoms with Crippen LogP contribution in [0, 0.1) is 0 Å². The van der Waals surface area contributed by atoms with Gasteiger partial charge in [-0.3, -0.25) is 5.43 Å². The van der Waals surface area contributed by atoms with Gasteiger partial charge in [-0.15, -0.1) is 0 Å². The van der Waals surface area contributed by atoms with Crippen LogP contribution < -0.4 is 16.2 Å². The fourth-order valence-corrected chi connectivity index (χ4v) is 2.21. The van der Waals surface area contributed by atoms with Crippen molar-refractivity contribution in [3.8, 4) is 0 Å². The number of nitrogens with zero attached hydrogens (tertiary/aromatic N) is 2. The Bertz CT molecular complexity index is 824. The summed E-state index contributed by atoms with van der Waals surface area (Å²) in [4.78, 5) is 3.52. The van der Waals surface area contributed by atoms with Crippen molar-refractivity contribution in [2.24, 2.45) is 5.73 Å². The Morgan fingerprint density at radius 2 is 1.69 bits per heavy atom. The third-order valence-electron chi connectivity index (χ3n) is 3.04. The zero-order chi connectivity index (χ0) is 19.7. The number of alkyl halides is 6. The standard InChI is InChI=1S/C14H9ClF6N4S/c15-10-5-8(14(19,20)21)6-23-11(10)24-25(12(22)26)9-3-1-2-7(4-9)13(16,17)18/h1-6H,(H2,22,26)(H,23,24). The van der Waals surface area contributed by atoms with E-state index in [1.54, 1.807) is 0 Å². The van der Waals surface area contributed by atoms with Gasteiger partial charge in [-0.1, -0.05) is 17.7 Å². The number of nitrogens with two attached hydrogens (primary N) is 1. The van der Waals surface area contributed by atoms with Crippen LogP contribution in [-0.4, -0.2) is 10.1 Å². The second-order valence-electron chi connectivity index (χ2n) is 4.89. The van der Waals surface area contributed by atoms with Gasteiger partial charge >= 0.3 is 12.4 Å². The number of thiocarbonyl (C=S) groups is 1. The zero-order valence-corrected chi connectivity index (χ0v) is 14.1. The summed E-state index contributed by atoms with van der Waals surface area (Å²) >= 11 is 10.5. The van der Waals surface area contributed by atoms with Crippen LogP contribution in [0.3, 0.4) is 0 Å². The third kappa shape index (κ3) is 4.67. The molecule has 3 N–H and O–H groups in total. The van der Waals surface area contributed by atoms with E-state index in [1.807, 2.05) is 0 Å². The molecule has 4 nitrogen and oxygen atoms in total. The molecule has 0 amide bonds. The van der Waals surface area contributed by atoms with Crippen molar-refractivity contribution >= 4 is 40.4 Å². The molecular formula is C14H9ClF6N4S. The summed E-state index contributed by atoms with van der Waals surface area (Å²) in [6.07, 6.45) is -8.75. The predicted molar refractivity (Wildman–Crippen MR) is 88.6 cm³/mol. The van der Waals surface area contributed by atoms with E-state index in [0.29, 0.717) is 12.3 Å². The van der Waals surface area contributed by atoms with Gasteiger partial charge < -0.3 is 5.73 Å². The third-order valence-corrected chi connectivity index (χ3v) is 3.51. The van der Waals surface area contributed by atoms with Gasteiger partial charge in [-0.25, -0.2) is 9.99 Å². The van der Waals surface area contributed by atoms with Crippen molar-refractivity contribution in [3.63, 3.8) is 0 Å². The second kappa shape index (κ2) is 7.16. The first-order valence-electron chi connectivity index (χ1n) is 6.66. The highest BCUT2D eigenvalue weighted by Gasteiger charge is 2.32. The largest absolute Gasteiger partial charge is 0.417 e. The van der Waals surface area contributed by atoms with Gasteiger partial charge in [0.05, 0.1) is 21.8 Å². The number of hydrogen-bond donors (Lipinski definition) is 2. The number of benzene rings is 1. The maximum atomic E-state index is 12.8. The second-order valence-corrected chi connectivity index (χ2v) is 5.71. The van der Waals surface area contributed by atoms with Crippen LogP contribution in [0.15, 0.2) is 36.5 Å². The number of pyridine rings is 1. The molecule has 12 heteroatoms. The molecule has 2 aromatic rings. The van der Waals surface area contributed by atoms with Crippen molar-refractivity contribution in [2.75, 3.05) is 10.4 Å². The normalized spacial score (nSPS) is 12.0. The highest BCUT2D eigenvalue weighted by molar-refractivity contribution is 7.80. The number of anilines is 2. The van der Waals surface area contributed by atoms with Gasteiger partial charge in [0, 0.05) is 6.20 Å². The predicted octanol–water partition coefficient (Wildman–Crippen LogP) is 4.85. The van der Waals surface area contributed by atoms with Crippen LogP contribution in [0.1, 0.15) is 11.1 Å². The molecule has 0 atom stereocenters. The van der Waals surface area contributed by atoms with Gasteiger partial charge in [-0.2, -0.15) is 26.3 Å². The quantitative estimate of drug-likeness (QED) is 0.427. The van der Waals surface area contributed by atoms with Gasteiger partial charge in [-0.05, 0) is 36.5 Å². The lowest BCUT2D eigenvalue weighted by Crippen LogP contribution is -2.40. The molecule has 0 aliphatic carbocycles. The zero-order valence-electron chi connectivity index (χ0n) is 12.5. The summed E-state index contributed by atoms with van der Waals surface area (Å²) in [5.41, 5.74) is 5.73. The lowest BCUT2D eigenvalue weighted by atomic mass is 10.2. The minimum atomic E-state index is -4.65. The highest BCUT2D eigenvalue weighted by Crippen LogP contribution is 2.34. The first kappa shape index (κ1) is 20.0. The van der Waals surface area contributed by atoms with Crippen LogP contribution in [0.5, 0.6) is 0 Å². The molecule has 1 heterocycles. The van der Waals surface area contributed by atoms with Crippen LogP contribution in [0.4, 0.5) is 37.8 Å². The first-order chi connectivity index (χ1) is 11.9. The molecule has 0 saturated heterocycles. The topological polar surface area (TPSA) is 54.2 Å². The van der Waals surface area contributed by atoms with Crippen molar-refractivity contribution in [2.45, 2.75) is 12.4 Å². The Balaban J connectivity index is 2.37. The molecule has 0 unspecified atom stereocenters. The molecule has 140 valence electrons. The van der Waals surface area contributed by atoms with E-state index in [-0.39, 0.29) is 11.5 Å². The average molecular weight is 415 g/mol. The summed E-state index contributed by atoms with van der Waals surface area (Å²) in [7, 11) is 0. The number of hydrogen-bond acceptors (Lipinski definition) is 3. The minimum Gasteiger partial charge on any atom is -0.374 e. The highest BCUT2D eigenvalue weighted by atomic mass is 35.5. The minimum absolute atomic E-state index is 0.106. The molecule has 1 aromatic heterocycles. The van der Waals surface area contributed by atoms with Gasteiger partial charge in [0.2, 0.25) is 0 Å². The number of halogens is 7. The van der Waals surface area contributed by atoms with Gasteiger partial charge in [0.1, 0.15) is 0 Å². The van der Waals surface area contributed by atoms with E-state index in [0.717, 1.165) is 23.2 Å². The number of nitrogens with one attached hydrogen (secondary N) is 1. The lowest BCUT2D eigenvalue weighted by Gasteiger charge is -2.25. The first-order valence-corrected chi connectivity index (χ1v) is 7.44. The molecule has 0 aliphatic heterocycles. The van der Waals surface area contributed by atoms with E-state index in [2.05, 4.69) is 10.4 Å². The summed E-state index contributed by atoms with van der Waals surface area (Å²) in [6.45, 7) is 0. The Kier molecular flexibility index (Phi) is 5.52. The van der Waals surface area contributed by atoms with Crippen LogP contribution in [-0.2, 0) is 12.4 Å². The summed E-state index contributed by atoms with van der Waals surface area (Å²) in [6, 6.07) is 4.59. The SMILES string of the molecule is NC(=S)N(Nc1ncc(C(F)(F)F)cc1Cl)c1cccc(C(F)(F)F)c1. The Hall–Kier alpha value is -2.27. The Labute approximate surface area is 153 Å². The van der Waals surface area contributed by atoms with Crippen LogP contribution in [0.25, 0.3) is 0 Å². The number of aromatic nitrogens is 1. The summed E-state index contributed by atoms with van der Waals surface area (Å²) < 4.78 is 76.4. The fraction of sp³-hybridized carbons (Fsp3) is 0.143. The number of hydrazine groups is 1. The van der Waals surface area contributed by atoms with Crippen LogP contribution >= 0.6 is 23.8 Å². The molecule has 0 bridgehead atoms. The van der Waals surface area contributed by atoms with E-state index < -0.39 is 33.6 Å². The molecular weight excluding hydrogens is 406 g/mol. The lowest BCUT2D eigenvalue weighted by molar-refractivity contribution is -0.138. The smallest absolute Gasteiger partial charge is 0.374 e. The molecule has 0 aliphatic rings. The van der Waals surface area contributed by atoms with Crippen molar-refractivity contribution in [1.82, 2.24) is 4.98 Å². The average Bonchev–Trinajstić information content (AvgIpc) is 2.51. The molecule has 0 spiro atoms. The van der Waals surface area contributed by atoms with Crippen molar-refractivity contribution < 1.29 is 26.3 Å². The van der Waals surface area contributed by atoms with E-state index in [1.165, 1.54) is 6.07 Å². The van der Waals surface area contributed by atoms with Crippen molar-refractivity contribution in [3.05, 3.63) is 52.7 Å². The maximum Gasteiger partial charge on any atom is 0.417 e. The monoisotopic (exact) mass is 414 g/mol. The van der Waals surface area contributed by atoms with E-state index in [9.17, 15) is 26.3 Å². The number of rotatable bonds is 3. The Morgan fingerprint density at radius 1 is 1.08 bits per heavy atom. The summed E-state index contributed by atoms with van der Waals surface area (Å²) in [5, 5.41) is 0.0154. The van der Waals surface area contributed by atoms with Crippen molar-refractivity contribution in [1.29, 1.82) is 0 Å². The molecule has 2 rings (SSSR count). The van der Waals surface area contributed by atoms with E-state index >= 15 is 0 Å². The Morgan fingerprint density at radius 3 is 2.19 bits per heavy atom. The van der Waals surface area contributed by atoms with Crippen LogP contribution in [0.2, 0.25) is 5.02 Å². The molecule has 0 fully saturated rings. The molecule has 0 radical (unpaired) electrons. The van der Waals surface area contributed by atoms with Gasteiger partial charge in [0.25, 0.3) is 0 Å². The molecule has 1 aromatic carbocycles. The van der Waals surface area contributed by atoms with E-state index in [4.69, 9.17) is 29.6 Å².